The molecule has 1 aliphatic rings. The minimum atomic E-state index is -4.82. The summed E-state index contributed by atoms with van der Waals surface area (Å²) < 4.78 is 68.0. The van der Waals surface area contributed by atoms with Crippen LogP contribution in [0.4, 0.5) is 24.5 Å². The lowest BCUT2D eigenvalue weighted by Crippen LogP contribution is -2.46. The number of rotatable bonds is 5. The van der Waals surface area contributed by atoms with Crippen LogP contribution >= 0.6 is 12.2 Å². The van der Waals surface area contributed by atoms with Crippen LogP contribution in [-0.4, -0.2) is 61.1 Å². The summed E-state index contributed by atoms with van der Waals surface area (Å²) in [5.74, 6) is -1.44. The van der Waals surface area contributed by atoms with Gasteiger partial charge >= 0.3 is 6.18 Å². The van der Waals surface area contributed by atoms with Gasteiger partial charge in [0.2, 0.25) is 0 Å². The second kappa shape index (κ2) is 7.84. The molecule has 8 nitrogen and oxygen atoms in total. The van der Waals surface area contributed by atoms with Gasteiger partial charge in [-0.25, -0.2) is 13.3 Å². The molecule has 0 atom stereocenters. The summed E-state index contributed by atoms with van der Waals surface area (Å²) in [6.07, 6.45) is -3.75. The number of thiocarbonyl (C=S) groups is 1. The molecule has 1 saturated heterocycles. The van der Waals surface area contributed by atoms with Crippen molar-refractivity contribution in [1.82, 2.24) is 9.80 Å². The van der Waals surface area contributed by atoms with Gasteiger partial charge in [0.25, 0.3) is 15.9 Å². The molecule has 1 fully saturated rings. The number of sulfonamides is 1. The lowest BCUT2D eigenvalue weighted by molar-refractivity contribution is -0.136. The third-order valence-electron chi connectivity index (χ3n) is 4.22. The van der Waals surface area contributed by atoms with Crippen LogP contribution in [0.15, 0.2) is 22.6 Å². The summed E-state index contributed by atoms with van der Waals surface area (Å²) in [5, 5.41) is -0.280. The van der Waals surface area contributed by atoms with Gasteiger partial charge in [-0.2, -0.15) is 17.6 Å². The lowest BCUT2D eigenvalue weighted by atomic mass is 10.0. The summed E-state index contributed by atoms with van der Waals surface area (Å²) in [6.45, 7) is 9.73. The average molecular weight is 461 g/mol. The van der Waals surface area contributed by atoms with Crippen molar-refractivity contribution < 1.29 is 26.4 Å². The van der Waals surface area contributed by atoms with Gasteiger partial charge in [-0.1, -0.05) is 6.07 Å². The number of benzene rings is 1. The number of amides is 1. The zero-order valence-corrected chi connectivity index (χ0v) is 18.1. The van der Waals surface area contributed by atoms with Gasteiger partial charge in [0.05, 0.1) is 12.1 Å². The van der Waals surface area contributed by atoms with Gasteiger partial charge in [-0.3, -0.25) is 9.69 Å². The Morgan fingerprint density at radius 2 is 1.93 bits per heavy atom. The quantitative estimate of drug-likeness (QED) is 0.291. The summed E-state index contributed by atoms with van der Waals surface area (Å²) >= 11 is 5.23. The largest absolute Gasteiger partial charge is 0.407 e. The Balaban J connectivity index is 2.50. The van der Waals surface area contributed by atoms with Crippen molar-refractivity contribution in [3.05, 3.63) is 35.2 Å². The van der Waals surface area contributed by atoms with Crippen molar-refractivity contribution in [2.45, 2.75) is 25.6 Å². The first kappa shape index (κ1) is 23.6. The number of anilines is 1. The summed E-state index contributed by atoms with van der Waals surface area (Å²) in [5.41, 5.74) is -3.51. The smallest absolute Gasteiger partial charge is 0.368 e. The second-order valence-corrected chi connectivity index (χ2v) is 9.11. The van der Waals surface area contributed by atoms with Crippen molar-refractivity contribution in [2.75, 3.05) is 24.9 Å². The van der Waals surface area contributed by atoms with E-state index < -0.39 is 44.8 Å². The minimum Gasteiger partial charge on any atom is -0.368 e. The van der Waals surface area contributed by atoms with Crippen LogP contribution in [0.1, 0.15) is 19.4 Å². The number of alkyl halides is 3. The number of nitrogens with zero attached hydrogens (tertiary/aromatic N) is 5. The summed E-state index contributed by atoms with van der Waals surface area (Å²) in [7, 11) is -0.929. The molecule has 162 valence electrons. The van der Waals surface area contributed by atoms with E-state index in [1.807, 2.05) is 0 Å². The molecule has 0 bridgehead atoms. The van der Waals surface area contributed by atoms with E-state index in [9.17, 15) is 26.4 Å². The fourth-order valence-corrected chi connectivity index (χ4v) is 4.36. The highest BCUT2D eigenvalue weighted by atomic mass is 32.2. The molecular weight excluding hydrogens is 443 g/mol. The van der Waals surface area contributed by atoms with E-state index in [-0.39, 0.29) is 10.8 Å². The number of hydrogen-bond donors (Lipinski definition) is 0. The maximum absolute atomic E-state index is 13.3. The Morgan fingerprint density at radius 3 is 2.43 bits per heavy atom. The predicted molar refractivity (Wildman–Crippen MR) is 110 cm³/mol. The predicted octanol–water partition coefficient (Wildman–Crippen LogP) is 2.85. The van der Waals surface area contributed by atoms with E-state index in [4.69, 9.17) is 18.8 Å². The molecule has 0 spiro atoms. The molecule has 0 saturated carbocycles. The van der Waals surface area contributed by atoms with Gasteiger partial charge in [0.1, 0.15) is 17.8 Å². The topological polar surface area (TPSA) is 77.6 Å². The highest BCUT2D eigenvalue weighted by Gasteiger charge is 2.51. The normalized spacial score (nSPS) is 17.0. The van der Waals surface area contributed by atoms with Crippen LogP contribution in [0.3, 0.4) is 0 Å². The Morgan fingerprint density at radius 1 is 1.33 bits per heavy atom. The molecule has 0 aliphatic carbocycles. The molecule has 1 aromatic carbocycles. The van der Waals surface area contributed by atoms with E-state index >= 15 is 0 Å². The van der Waals surface area contributed by atoms with Gasteiger partial charge in [0.15, 0.2) is 10.8 Å². The Kier molecular flexibility index (Phi) is 6.16. The van der Waals surface area contributed by atoms with Crippen molar-refractivity contribution in [3.63, 3.8) is 0 Å². The van der Waals surface area contributed by atoms with Crippen LogP contribution in [0, 0.1) is 6.57 Å². The summed E-state index contributed by atoms with van der Waals surface area (Å²) in [6, 6.07) is 2.75. The van der Waals surface area contributed by atoms with E-state index in [1.165, 1.54) is 18.7 Å². The van der Waals surface area contributed by atoms with Crippen LogP contribution in [-0.2, 0) is 21.0 Å². The third kappa shape index (κ3) is 4.54. The van der Waals surface area contributed by atoms with Crippen molar-refractivity contribution in [2.24, 2.45) is 4.40 Å². The maximum Gasteiger partial charge on any atom is 0.407 e. The maximum atomic E-state index is 13.3. The van der Waals surface area contributed by atoms with Crippen molar-refractivity contribution in [3.8, 4) is 0 Å². The first-order valence-corrected chi connectivity index (χ1v) is 10.3. The van der Waals surface area contributed by atoms with Gasteiger partial charge in [-0.05, 0) is 38.2 Å². The Hall–Kier alpha value is -2.72. The van der Waals surface area contributed by atoms with Crippen LogP contribution < -0.4 is 4.90 Å². The molecule has 1 aromatic rings. The van der Waals surface area contributed by atoms with Gasteiger partial charge in [0, 0.05) is 19.8 Å². The van der Waals surface area contributed by atoms with Crippen LogP contribution in [0.5, 0.6) is 0 Å². The van der Waals surface area contributed by atoms with E-state index in [1.54, 1.807) is 14.1 Å². The first-order valence-electron chi connectivity index (χ1n) is 8.31. The van der Waals surface area contributed by atoms with Crippen LogP contribution in [0.2, 0.25) is 0 Å². The number of halogens is 3. The standard InChI is InChI=1S/C17H18F3N5O3S2/c1-16(2)14(26)25(11-6-7-13(21-3)12(8-11)17(18,19)20)15(29)24(16)10-30(27,28)22-9-23(4)5/h6-9H,10H2,1-2,4-5H3. The fraction of sp³-hybridized carbons (Fsp3) is 0.412. The zero-order valence-electron chi connectivity index (χ0n) is 16.4. The molecule has 13 heteroatoms. The minimum absolute atomic E-state index is 0.213. The first-order chi connectivity index (χ1) is 13.6. The highest BCUT2D eigenvalue weighted by Crippen LogP contribution is 2.40. The molecule has 0 unspecified atom stereocenters. The molecule has 30 heavy (non-hydrogen) atoms. The van der Waals surface area contributed by atoms with Crippen molar-refractivity contribution in [1.29, 1.82) is 0 Å². The fourth-order valence-electron chi connectivity index (χ4n) is 2.63. The molecular formula is C17H18F3N5O3S2. The molecule has 1 heterocycles. The van der Waals surface area contributed by atoms with Crippen molar-refractivity contribution >= 4 is 51.0 Å². The van der Waals surface area contributed by atoms with E-state index in [2.05, 4.69) is 9.24 Å². The number of hydrogen-bond acceptors (Lipinski definition) is 4. The van der Waals surface area contributed by atoms with Gasteiger partial charge < -0.3 is 9.80 Å². The van der Waals surface area contributed by atoms with Crippen LogP contribution in [0.25, 0.3) is 4.85 Å². The highest BCUT2D eigenvalue weighted by molar-refractivity contribution is 7.90. The Labute approximate surface area is 177 Å². The molecule has 0 N–H and O–H groups in total. The Bertz CT molecular complexity index is 1060. The third-order valence-corrected chi connectivity index (χ3v) is 5.62. The number of carbonyl (C=O) groups is 1. The lowest BCUT2D eigenvalue weighted by Gasteiger charge is -2.28. The molecule has 1 aliphatic heterocycles. The molecule has 1 amide bonds. The average Bonchev–Trinajstić information content (AvgIpc) is 2.78. The summed E-state index contributed by atoms with van der Waals surface area (Å²) in [4.78, 5) is 19.1. The SMILES string of the molecule is [C-]#[N+]c1ccc(N2C(=O)C(C)(C)N(CS(=O)(=O)N=CN(C)C)C2=S)cc1C(F)(F)F. The van der Waals surface area contributed by atoms with E-state index in [0.717, 1.165) is 28.3 Å². The zero-order chi connectivity index (χ0) is 23.1. The second-order valence-electron chi connectivity index (χ2n) is 7.12. The monoisotopic (exact) mass is 461 g/mol. The number of carbonyl (C=O) groups excluding carboxylic acids is 1. The molecule has 2 rings (SSSR count). The molecule has 0 aromatic heterocycles. The molecule has 0 radical (unpaired) electrons. The van der Waals surface area contributed by atoms with E-state index in [0.29, 0.717) is 6.07 Å². The van der Waals surface area contributed by atoms with Gasteiger partial charge in [-0.15, -0.1) is 0 Å².